The number of ketones is 2. The van der Waals surface area contributed by atoms with E-state index in [1.54, 1.807) is 11.6 Å². The van der Waals surface area contributed by atoms with Crippen molar-refractivity contribution >= 4 is 44.3 Å². The summed E-state index contributed by atoms with van der Waals surface area (Å²) in [6.07, 6.45) is 4.19. The zero-order valence-corrected chi connectivity index (χ0v) is 15.1. The van der Waals surface area contributed by atoms with E-state index in [9.17, 15) is 18.0 Å². The summed E-state index contributed by atoms with van der Waals surface area (Å²) in [4.78, 5) is 29.6. The summed E-state index contributed by atoms with van der Waals surface area (Å²) < 4.78 is 23.2. The van der Waals surface area contributed by atoms with Crippen molar-refractivity contribution in [2.24, 2.45) is 5.92 Å². The molecule has 1 aromatic carbocycles. The number of carbonyl (C=O) groups excluding carboxylic acids is 2. The molecule has 8 heteroatoms. The highest BCUT2D eigenvalue weighted by atomic mass is 35.5. The minimum absolute atomic E-state index is 0.0214. The second kappa shape index (κ2) is 6.38. The van der Waals surface area contributed by atoms with E-state index in [1.165, 1.54) is 29.5 Å². The molecule has 0 amide bonds. The van der Waals surface area contributed by atoms with Crippen molar-refractivity contribution in [3.05, 3.63) is 45.4 Å². The third-order valence-electron chi connectivity index (χ3n) is 3.86. The zero-order chi connectivity index (χ0) is 17.5. The summed E-state index contributed by atoms with van der Waals surface area (Å²) in [5, 5.41) is 2.18. The van der Waals surface area contributed by atoms with Crippen molar-refractivity contribution in [2.75, 3.05) is 6.26 Å². The SMILES string of the molecule is CS(=O)(=O)c1ccc(C(=O)C(C(=O)C2CC2)c2nccs2)c(Cl)c1. The predicted octanol–water partition coefficient (Wildman–Crippen LogP) is 3.15. The van der Waals surface area contributed by atoms with E-state index in [0.29, 0.717) is 5.01 Å². The van der Waals surface area contributed by atoms with E-state index < -0.39 is 21.5 Å². The van der Waals surface area contributed by atoms with E-state index in [2.05, 4.69) is 4.98 Å². The van der Waals surface area contributed by atoms with Crippen molar-refractivity contribution in [3.63, 3.8) is 0 Å². The Morgan fingerprint density at radius 1 is 1.33 bits per heavy atom. The smallest absolute Gasteiger partial charge is 0.181 e. The molecule has 126 valence electrons. The lowest BCUT2D eigenvalue weighted by Crippen LogP contribution is -2.24. The average Bonchev–Trinajstić information content (AvgIpc) is 3.23. The summed E-state index contributed by atoms with van der Waals surface area (Å²) in [5.41, 5.74) is 0.137. The van der Waals surface area contributed by atoms with Gasteiger partial charge in [0, 0.05) is 29.3 Å². The maximum absolute atomic E-state index is 12.9. The summed E-state index contributed by atoms with van der Waals surface area (Å²) >= 11 is 7.37. The van der Waals surface area contributed by atoms with Gasteiger partial charge in [0.05, 0.1) is 9.92 Å². The first-order valence-corrected chi connectivity index (χ1v) is 10.4. The number of sulfone groups is 1. The Kier molecular flexibility index (Phi) is 4.59. The van der Waals surface area contributed by atoms with Crippen LogP contribution in [-0.4, -0.2) is 31.2 Å². The molecule has 1 aliphatic rings. The van der Waals surface area contributed by atoms with E-state index >= 15 is 0 Å². The van der Waals surface area contributed by atoms with E-state index in [4.69, 9.17) is 11.6 Å². The van der Waals surface area contributed by atoms with Crippen LogP contribution in [0.3, 0.4) is 0 Å². The third-order valence-corrected chi connectivity index (χ3v) is 6.12. The number of nitrogens with zero attached hydrogens (tertiary/aromatic N) is 1. The number of rotatable bonds is 6. The van der Waals surface area contributed by atoms with Crippen LogP contribution in [0.2, 0.25) is 5.02 Å². The average molecular weight is 384 g/mol. The first kappa shape index (κ1) is 17.3. The molecule has 0 saturated heterocycles. The molecule has 3 rings (SSSR count). The molecule has 1 atom stereocenters. The Balaban J connectivity index is 2.00. The van der Waals surface area contributed by atoms with E-state index in [-0.39, 0.29) is 27.2 Å². The first-order valence-electron chi connectivity index (χ1n) is 7.26. The Morgan fingerprint density at radius 3 is 2.54 bits per heavy atom. The number of Topliss-reactive ketones (excluding diaryl/α,β-unsaturated/α-hetero) is 2. The molecule has 1 saturated carbocycles. The molecule has 0 aliphatic heterocycles. The Bertz CT molecular complexity index is 902. The molecule has 1 heterocycles. The number of hydrogen-bond donors (Lipinski definition) is 0. The molecule has 0 spiro atoms. The van der Waals surface area contributed by atoms with Crippen molar-refractivity contribution in [1.82, 2.24) is 4.98 Å². The van der Waals surface area contributed by atoms with Gasteiger partial charge in [0.15, 0.2) is 21.4 Å². The second-order valence-electron chi connectivity index (χ2n) is 5.76. The van der Waals surface area contributed by atoms with Crippen LogP contribution in [0, 0.1) is 5.92 Å². The van der Waals surface area contributed by atoms with Crippen molar-refractivity contribution < 1.29 is 18.0 Å². The highest BCUT2D eigenvalue weighted by Gasteiger charge is 2.41. The first-order chi connectivity index (χ1) is 11.3. The third kappa shape index (κ3) is 3.43. The summed E-state index contributed by atoms with van der Waals surface area (Å²) in [6, 6.07) is 3.93. The molecular weight excluding hydrogens is 370 g/mol. The number of halogens is 1. The molecule has 1 unspecified atom stereocenters. The van der Waals surface area contributed by atoms with Crippen molar-refractivity contribution in [3.8, 4) is 0 Å². The van der Waals surface area contributed by atoms with Gasteiger partial charge in [-0.1, -0.05) is 11.6 Å². The molecule has 1 aromatic heterocycles. The van der Waals surface area contributed by atoms with Gasteiger partial charge in [0.2, 0.25) is 0 Å². The summed E-state index contributed by atoms with van der Waals surface area (Å²) in [6.45, 7) is 0. The monoisotopic (exact) mass is 383 g/mol. The van der Waals surface area contributed by atoms with Gasteiger partial charge in [-0.25, -0.2) is 13.4 Å². The summed E-state index contributed by atoms with van der Waals surface area (Å²) in [7, 11) is -3.42. The Morgan fingerprint density at radius 2 is 2.04 bits per heavy atom. The van der Waals surface area contributed by atoms with Crippen molar-refractivity contribution in [1.29, 1.82) is 0 Å². The van der Waals surface area contributed by atoms with Crippen LogP contribution < -0.4 is 0 Å². The fraction of sp³-hybridized carbons (Fsp3) is 0.312. The van der Waals surface area contributed by atoms with E-state index in [0.717, 1.165) is 19.1 Å². The Labute approximate surface area is 148 Å². The summed E-state index contributed by atoms with van der Waals surface area (Å²) in [5.74, 6) is -1.65. The number of carbonyl (C=O) groups is 2. The van der Waals surface area contributed by atoms with Gasteiger partial charge in [-0.15, -0.1) is 11.3 Å². The molecule has 5 nitrogen and oxygen atoms in total. The van der Waals surface area contributed by atoms with Gasteiger partial charge in [-0.2, -0.15) is 0 Å². The maximum Gasteiger partial charge on any atom is 0.181 e. The van der Waals surface area contributed by atoms with Gasteiger partial charge >= 0.3 is 0 Å². The van der Waals surface area contributed by atoms with Crippen LogP contribution in [0.5, 0.6) is 0 Å². The highest BCUT2D eigenvalue weighted by molar-refractivity contribution is 7.90. The highest BCUT2D eigenvalue weighted by Crippen LogP contribution is 2.38. The molecular formula is C16H14ClNO4S2. The molecule has 0 N–H and O–H groups in total. The van der Waals surface area contributed by atoms with Gasteiger partial charge < -0.3 is 0 Å². The largest absolute Gasteiger partial charge is 0.298 e. The van der Waals surface area contributed by atoms with Crippen LogP contribution in [0.25, 0.3) is 0 Å². The lowest BCUT2D eigenvalue weighted by atomic mass is 9.92. The normalized spacial score (nSPS) is 15.9. The molecule has 24 heavy (non-hydrogen) atoms. The quantitative estimate of drug-likeness (QED) is 0.565. The molecule has 2 aromatic rings. The van der Waals surface area contributed by atoms with E-state index in [1.807, 2.05) is 0 Å². The lowest BCUT2D eigenvalue weighted by molar-refractivity contribution is -0.120. The minimum Gasteiger partial charge on any atom is -0.298 e. The van der Waals surface area contributed by atoms with Crippen LogP contribution >= 0.6 is 22.9 Å². The van der Waals surface area contributed by atoms with Crippen LogP contribution in [0.4, 0.5) is 0 Å². The maximum atomic E-state index is 12.9. The molecule has 1 aliphatic carbocycles. The number of thiazole rings is 1. The van der Waals surface area contributed by atoms with Crippen molar-refractivity contribution in [2.45, 2.75) is 23.7 Å². The lowest BCUT2D eigenvalue weighted by Gasteiger charge is -2.13. The van der Waals surface area contributed by atoms with Gasteiger partial charge in [-0.3, -0.25) is 9.59 Å². The second-order valence-corrected chi connectivity index (χ2v) is 9.11. The number of aromatic nitrogens is 1. The predicted molar refractivity (Wildman–Crippen MR) is 91.5 cm³/mol. The molecule has 1 fully saturated rings. The Hall–Kier alpha value is -1.57. The van der Waals surface area contributed by atoms with Gasteiger partial charge in [0.1, 0.15) is 10.9 Å². The molecule has 0 bridgehead atoms. The fourth-order valence-corrected chi connectivity index (χ4v) is 4.15. The number of hydrogen-bond acceptors (Lipinski definition) is 6. The topological polar surface area (TPSA) is 81.2 Å². The standard InChI is InChI=1S/C16H14ClNO4S2/c1-24(21,22)10-4-5-11(12(17)8-10)15(20)13(14(19)9-2-3-9)16-18-6-7-23-16/h4-9,13H,2-3H2,1H3. The van der Waals surface area contributed by atoms with Crippen LogP contribution in [0.15, 0.2) is 34.7 Å². The van der Waals surface area contributed by atoms with Gasteiger partial charge in [0.25, 0.3) is 0 Å². The minimum atomic E-state index is -3.42. The zero-order valence-electron chi connectivity index (χ0n) is 12.7. The van der Waals surface area contributed by atoms with Crippen LogP contribution in [0.1, 0.15) is 34.1 Å². The van der Waals surface area contributed by atoms with Crippen LogP contribution in [-0.2, 0) is 14.6 Å². The number of benzene rings is 1. The van der Waals surface area contributed by atoms with Gasteiger partial charge in [-0.05, 0) is 31.0 Å². The fourth-order valence-electron chi connectivity index (χ4n) is 2.43. The molecule has 0 radical (unpaired) electrons.